The first-order valence-electron chi connectivity index (χ1n) is 6.57. The third kappa shape index (κ3) is 3.55. The van der Waals surface area contributed by atoms with Crippen molar-refractivity contribution < 1.29 is 0 Å². The van der Waals surface area contributed by atoms with Gasteiger partial charge in [-0.05, 0) is 25.0 Å². The Labute approximate surface area is 118 Å². The Bertz CT molecular complexity index is 524. The van der Waals surface area contributed by atoms with Crippen molar-refractivity contribution in [2.45, 2.75) is 39.4 Å². The van der Waals surface area contributed by atoms with Crippen molar-refractivity contribution in [1.82, 2.24) is 20.1 Å². The zero-order chi connectivity index (χ0) is 13.7. The lowest BCUT2D eigenvalue weighted by atomic mass is 10.1. The molecule has 0 fully saturated rings. The van der Waals surface area contributed by atoms with Crippen LogP contribution < -0.4 is 5.32 Å². The molecule has 0 saturated heterocycles. The molecule has 1 aromatic carbocycles. The van der Waals surface area contributed by atoms with Crippen molar-refractivity contribution in [2.75, 3.05) is 0 Å². The van der Waals surface area contributed by atoms with E-state index in [0.29, 0.717) is 6.54 Å². The topological polar surface area (TPSA) is 42.7 Å². The fourth-order valence-corrected chi connectivity index (χ4v) is 2.30. The Balaban J connectivity index is 1.98. The van der Waals surface area contributed by atoms with Gasteiger partial charge in [0.25, 0.3) is 0 Å². The van der Waals surface area contributed by atoms with Crippen molar-refractivity contribution in [1.29, 1.82) is 0 Å². The van der Waals surface area contributed by atoms with Crippen LogP contribution in [0.15, 0.2) is 30.6 Å². The molecule has 1 unspecified atom stereocenters. The summed E-state index contributed by atoms with van der Waals surface area (Å²) in [7, 11) is 0. The van der Waals surface area contributed by atoms with E-state index in [-0.39, 0.29) is 6.04 Å². The summed E-state index contributed by atoms with van der Waals surface area (Å²) in [6, 6.07) is 8.07. The molecule has 1 atom stereocenters. The monoisotopic (exact) mass is 278 g/mol. The number of nitrogens with one attached hydrogen (secondary N) is 1. The van der Waals surface area contributed by atoms with E-state index in [1.807, 2.05) is 28.9 Å². The molecule has 0 spiro atoms. The van der Waals surface area contributed by atoms with Gasteiger partial charge in [-0.3, -0.25) is 0 Å². The molecule has 2 aromatic rings. The van der Waals surface area contributed by atoms with Crippen LogP contribution in [-0.2, 0) is 13.1 Å². The predicted molar refractivity (Wildman–Crippen MR) is 77.0 cm³/mol. The summed E-state index contributed by atoms with van der Waals surface area (Å²) in [6.45, 7) is 5.82. The molecular formula is C14H19ClN4. The summed E-state index contributed by atoms with van der Waals surface area (Å²) in [6.07, 6.45) is 2.66. The predicted octanol–water partition coefficient (Wildman–Crippen LogP) is 3.19. The van der Waals surface area contributed by atoms with Gasteiger partial charge in [-0.15, -0.1) is 0 Å². The highest BCUT2D eigenvalue weighted by atomic mass is 35.5. The summed E-state index contributed by atoms with van der Waals surface area (Å²) in [4.78, 5) is 4.28. The Morgan fingerprint density at radius 1 is 1.37 bits per heavy atom. The largest absolute Gasteiger partial charge is 0.303 e. The van der Waals surface area contributed by atoms with Crippen LogP contribution in [-0.4, -0.2) is 14.8 Å². The second-order valence-corrected chi connectivity index (χ2v) is 4.93. The van der Waals surface area contributed by atoms with Crippen molar-refractivity contribution in [3.8, 4) is 0 Å². The van der Waals surface area contributed by atoms with Crippen LogP contribution in [0.5, 0.6) is 0 Å². The van der Waals surface area contributed by atoms with E-state index in [4.69, 9.17) is 11.6 Å². The smallest absolute Gasteiger partial charge is 0.140 e. The maximum Gasteiger partial charge on any atom is 0.140 e. The minimum Gasteiger partial charge on any atom is -0.303 e. The molecular weight excluding hydrogens is 260 g/mol. The molecule has 0 radical (unpaired) electrons. The van der Waals surface area contributed by atoms with Gasteiger partial charge in [0.15, 0.2) is 0 Å². The summed E-state index contributed by atoms with van der Waals surface area (Å²) in [5.74, 6) is 0.959. The van der Waals surface area contributed by atoms with Crippen molar-refractivity contribution in [3.63, 3.8) is 0 Å². The van der Waals surface area contributed by atoms with E-state index in [1.165, 1.54) is 0 Å². The molecule has 0 aliphatic rings. The summed E-state index contributed by atoms with van der Waals surface area (Å²) in [5, 5.41) is 8.44. The van der Waals surface area contributed by atoms with Crippen LogP contribution in [0.3, 0.4) is 0 Å². The standard InChI is InChI=1S/C14H19ClN4/c1-3-8-19-14(17-10-18-19)9-16-11(2)12-6-4-5-7-13(12)15/h4-7,10-11,16H,3,8-9H2,1-2H3. The summed E-state index contributed by atoms with van der Waals surface area (Å²) in [5.41, 5.74) is 1.10. The zero-order valence-corrected chi connectivity index (χ0v) is 12.1. The summed E-state index contributed by atoms with van der Waals surface area (Å²) < 4.78 is 1.94. The van der Waals surface area contributed by atoms with E-state index in [2.05, 4.69) is 29.2 Å². The molecule has 0 saturated carbocycles. The number of benzene rings is 1. The Morgan fingerprint density at radius 2 is 2.16 bits per heavy atom. The third-order valence-corrected chi connectivity index (χ3v) is 3.41. The second kappa shape index (κ2) is 6.68. The highest BCUT2D eigenvalue weighted by molar-refractivity contribution is 6.31. The van der Waals surface area contributed by atoms with Crippen molar-refractivity contribution in [3.05, 3.63) is 47.0 Å². The minimum atomic E-state index is 0.181. The van der Waals surface area contributed by atoms with Crippen LogP contribution in [0, 0.1) is 0 Å². The lowest BCUT2D eigenvalue weighted by Crippen LogP contribution is -2.21. The highest BCUT2D eigenvalue weighted by Crippen LogP contribution is 2.22. The van der Waals surface area contributed by atoms with E-state index < -0.39 is 0 Å². The molecule has 102 valence electrons. The molecule has 0 bridgehead atoms. The Hall–Kier alpha value is -1.39. The zero-order valence-electron chi connectivity index (χ0n) is 11.3. The molecule has 19 heavy (non-hydrogen) atoms. The van der Waals surface area contributed by atoms with Gasteiger partial charge in [-0.1, -0.05) is 36.7 Å². The van der Waals surface area contributed by atoms with Crippen LogP contribution in [0.1, 0.15) is 37.7 Å². The molecule has 1 aromatic heterocycles. The lowest BCUT2D eigenvalue weighted by Gasteiger charge is -2.15. The third-order valence-electron chi connectivity index (χ3n) is 3.07. The summed E-state index contributed by atoms with van der Waals surface area (Å²) >= 11 is 6.19. The number of nitrogens with zero attached hydrogens (tertiary/aromatic N) is 3. The molecule has 4 nitrogen and oxygen atoms in total. The van der Waals surface area contributed by atoms with Gasteiger partial charge in [0.2, 0.25) is 0 Å². The number of hydrogen-bond donors (Lipinski definition) is 1. The van der Waals surface area contributed by atoms with E-state index in [9.17, 15) is 0 Å². The average molecular weight is 279 g/mol. The van der Waals surface area contributed by atoms with Crippen molar-refractivity contribution >= 4 is 11.6 Å². The maximum atomic E-state index is 6.19. The quantitative estimate of drug-likeness (QED) is 0.882. The van der Waals surface area contributed by atoms with Gasteiger partial charge >= 0.3 is 0 Å². The normalized spacial score (nSPS) is 12.6. The minimum absolute atomic E-state index is 0.181. The first kappa shape index (κ1) is 14.0. The van der Waals surface area contributed by atoms with Gasteiger partial charge in [0.05, 0.1) is 6.54 Å². The van der Waals surface area contributed by atoms with Gasteiger partial charge in [0, 0.05) is 17.6 Å². The molecule has 5 heteroatoms. The van der Waals surface area contributed by atoms with Gasteiger partial charge in [-0.2, -0.15) is 5.10 Å². The molecule has 0 amide bonds. The molecule has 2 rings (SSSR count). The number of hydrogen-bond acceptors (Lipinski definition) is 3. The lowest BCUT2D eigenvalue weighted by molar-refractivity contribution is 0.509. The first-order chi connectivity index (χ1) is 9.22. The first-order valence-corrected chi connectivity index (χ1v) is 6.94. The fourth-order valence-electron chi connectivity index (χ4n) is 2.00. The number of rotatable bonds is 6. The maximum absolute atomic E-state index is 6.19. The number of aromatic nitrogens is 3. The number of aryl methyl sites for hydroxylation is 1. The SMILES string of the molecule is CCCn1ncnc1CNC(C)c1ccccc1Cl. The van der Waals surface area contributed by atoms with Crippen LogP contribution in [0.4, 0.5) is 0 Å². The van der Waals surface area contributed by atoms with E-state index in [1.54, 1.807) is 6.33 Å². The fraction of sp³-hybridized carbons (Fsp3) is 0.429. The molecule has 0 aliphatic carbocycles. The Kier molecular flexibility index (Phi) is 4.93. The average Bonchev–Trinajstić information content (AvgIpc) is 2.84. The van der Waals surface area contributed by atoms with E-state index in [0.717, 1.165) is 29.4 Å². The number of halogens is 1. The van der Waals surface area contributed by atoms with Crippen molar-refractivity contribution in [2.24, 2.45) is 0 Å². The highest BCUT2D eigenvalue weighted by Gasteiger charge is 2.10. The van der Waals surface area contributed by atoms with E-state index >= 15 is 0 Å². The van der Waals surface area contributed by atoms with Gasteiger partial charge in [0.1, 0.15) is 12.2 Å². The molecule has 1 N–H and O–H groups in total. The van der Waals surface area contributed by atoms with Crippen LogP contribution >= 0.6 is 11.6 Å². The van der Waals surface area contributed by atoms with Gasteiger partial charge < -0.3 is 5.32 Å². The molecule has 0 aliphatic heterocycles. The second-order valence-electron chi connectivity index (χ2n) is 4.52. The van der Waals surface area contributed by atoms with Gasteiger partial charge in [-0.25, -0.2) is 9.67 Å². The van der Waals surface area contributed by atoms with Crippen LogP contribution in [0.2, 0.25) is 5.02 Å². The molecule has 1 heterocycles. The van der Waals surface area contributed by atoms with Crippen LogP contribution in [0.25, 0.3) is 0 Å². The Morgan fingerprint density at radius 3 is 2.89 bits per heavy atom.